The summed E-state index contributed by atoms with van der Waals surface area (Å²) in [4.78, 5) is 4.67. The molecule has 0 aliphatic carbocycles. The van der Waals surface area contributed by atoms with Gasteiger partial charge >= 0.3 is 0 Å². The molecule has 0 spiro atoms. The minimum Gasteiger partial charge on any atom is -0.454 e. The maximum Gasteiger partial charge on any atom is 0.231 e. The Bertz CT molecular complexity index is 891. The Morgan fingerprint density at radius 2 is 2.09 bits per heavy atom. The average molecular weight is 331 g/mol. The molecule has 0 bridgehead atoms. The number of aliphatic hydroxyl groups is 1. The van der Waals surface area contributed by atoms with Gasteiger partial charge in [0.1, 0.15) is 5.65 Å². The Kier molecular flexibility index (Phi) is 3.39. The molecule has 3 aromatic rings. The molecule has 0 saturated carbocycles. The quantitative estimate of drug-likeness (QED) is 0.793. The van der Waals surface area contributed by atoms with E-state index in [9.17, 15) is 5.11 Å². The molecule has 1 aliphatic heterocycles. The Hall–Kier alpha value is -2.24. The summed E-state index contributed by atoms with van der Waals surface area (Å²) in [6, 6.07) is 9.29. The van der Waals surface area contributed by atoms with E-state index in [4.69, 9.17) is 21.1 Å². The van der Waals surface area contributed by atoms with Gasteiger partial charge in [-0.15, -0.1) is 0 Å². The number of rotatable bonds is 3. The number of benzene rings is 1. The predicted octanol–water partition coefficient (Wildman–Crippen LogP) is 3.83. The van der Waals surface area contributed by atoms with Gasteiger partial charge in [0.05, 0.1) is 22.5 Å². The van der Waals surface area contributed by atoms with E-state index >= 15 is 0 Å². The Balaban J connectivity index is 1.95. The highest BCUT2D eigenvalue weighted by molar-refractivity contribution is 6.30. The molecule has 2 aromatic heterocycles. The molecule has 0 saturated heterocycles. The third-order valence-electron chi connectivity index (χ3n) is 3.97. The molecule has 23 heavy (non-hydrogen) atoms. The predicted molar refractivity (Wildman–Crippen MR) is 87.0 cm³/mol. The van der Waals surface area contributed by atoms with Crippen molar-refractivity contribution in [2.75, 3.05) is 6.79 Å². The van der Waals surface area contributed by atoms with Crippen LogP contribution in [0, 0.1) is 0 Å². The first-order chi connectivity index (χ1) is 11.2. The fraction of sp³-hybridized carbons (Fsp3) is 0.235. The molecule has 118 valence electrons. The molecule has 1 atom stereocenters. The van der Waals surface area contributed by atoms with Crippen molar-refractivity contribution in [1.82, 2.24) is 9.38 Å². The Morgan fingerprint density at radius 3 is 2.91 bits per heavy atom. The van der Waals surface area contributed by atoms with Gasteiger partial charge in [0.2, 0.25) is 6.79 Å². The summed E-state index contributed by atoms with van der Waals surface area (Å²) in [6.07, 6.45) is 1.72. The highest BCUT2D eigenvalue weighted by Crippen LogP contribution is 2.38. The second-order valence-corrected chi connectivity index (χ2v) is 5.85. The third kappa shape index (κ3) is 2.33. The summed E-state index contributed by atoms with van der Waals surface area (Å²) in [5.74, 6) is 1.41. The van der Waals surface area contributed by atoms with Gasteiger partial charge in [0.15, 0.2) is 11.5 Å². The zero-order valence-electron chi connectivity index (χ0n) is 12.5. The molecule has 0 radical (unpaired) electrons. The number of aromatic nitrogens is 2. The van der Waals surface area contributed by atoms with Gasteiger partial charge in [-0.05, 0) is 36.8 Å². The number of ether oxygens (including phenoxy) is 2. The van der Waals surface area contributed by atoms with Crippen molar-refractivity contribution in [1.29, 1.82) is 0 Å². The van der Waals surface area contributed by atoms with Gasteiger partial charge in [0.25, 0.3) is 0 Å². The lowest BCUT2D eigenvalue weighted by Crippen LogP contribution is -2.02. The van der Waals surface area contributed by atoms with E-state index in [1.54, 1.807) is 12.3 Å². The van der Waals surface area contributed by atoms with Gasteiger partial charge in [-0.3, -0.25) is 4.40 Å². The van der Waals surface area contributed by atoms with E-state index in [2.05, 4.69) is 4.98 Å². The summed E-state index contributed by atoms with van der Waals surface area (Å²) in [5, 5.41) is 11.1. The normalized spacial score (nSPS) is 14.4. The lowest BCUT2D eigenvalue weighted by atomic mass is 10.1. The van der Waals surface area contributed by atoms with Gasteiger partial charge in [0, 0.05) is 11.8 Å². The SMILES string of the molecule is CCC(O)c1c(-c2ccc3c(c2)OCO3)nc2ccc(Cl)cn12. The van der Waals surface area contributed by atoms with Gasteiger partial charge < -0.3 is 14.6 Å². The summed E-state index contributed by atoms with van der Waals surface area (Å²) in [5.41, 5.74) is 3.06. The molecule has 4 rings (SSSR count). The third-order valence-corrected chi connectivity index (χ3v) is 4.19. The van der Waals surface area contributed by atoms with Crippen LogP contribution in [0.1, 0.15) is 25.1 Å². The molecule has 6 heteroatoms. The number of imidazole rings is 1. The number of pyridine rings is 1. The molecule has 0 fully saturated rings. The van der Waals surface area contributed by atoms with Crippen LogP contribution in [0.2, 0.25) is 5.02 Å². The van der Waals surface area contributed by atoms with Crippen molar-refractivity contribution in [3.05, 3.63) is 47.2 Å². The van der Waals surface area contributed by atoms with Crippen LogP contribution in [0.15, 0.2) is 36.5 Å². The second-order valence-electron chi connectivity index (χ2n) is 5.41. The highest BCUT2D eigenvalue weighted by atomic mass is 35.5. The molecule has 1 aliphatic rings. The summed E-state index contributed by atoms with van der Waals surface area (Å²) in [7, 11) is 0. The summed E-state index contributed by atoms with van der Waals surface area (Å²) in [6.45, 7) is 2.15. The Labute approximate surface area is 138 Å². The van der Waals surface area contributed by atoms with Crippen LogP contribution in [0.25, 0.3) is 16.9 Å². The zero-order chi connectivity index (χ0) is 16.0. The van der Waals surface area contributed by atoms with E-state index in [0.717, 1.165) is 28.3 Å². The molecule has 3 heterocycles. The first kappa shape index (κ1) is 14.4. The van der Waals surface area contributed by atoms with Crippen molar-refractivity contribution in [2.45, 2.75) is 19.4 Å². The van der Waals surface area contributed by atoms with Crippen LogP contribution in [-0.2, 0) is 0 Å². The van der Waals surface area contributed by atoms with Crippen molar-refractivity contribution >= 4 is 17.2 Å². The van der Waals surface area contributed by atoms with Crippen LogP contribution < -0.4 is 9.47 Å². The van der Waals surface area contributed by atoms with Crippen LogP contribution >= 0.6 is 11.6 Å². The first-order valence-corrected chi connectivity index (χ1v) is 7.80. The molecule has 1 aromatic carbocycles. The average Bonchev–Trinajstić information content (AvgIpc) is 3.17. The topological polar surface area (TPSA) is 56.0 Å². The van der Waals surface area contributed by atoms with Crippen LogP contribution in [-0.4, -0.2) is 21.3 Å². The lowest BCUT2D eigenvalue weighted by molar-refractivity contribution is 0.168. The zero-order valence-corrected chi connectivity index (χ0v) is 13.2. The minimum absolute atomic E-state index is 0.226. The summed E-state index contributed by atoms with van der Waals surface area (Å²) < 4.78 is 12.6. The van der Waals surface area contributed by atoms with Crippen LogP contribution in [0.5, 0.6) is 11.5 Å². The number of hydrogen-bond acceptors (Lipinski definition) is 4. The standard InChI is InChI=1S/C17H15ClN2O3/c1-2-12(21)17-16(19-15-6-4-11(18)8-20(15)17)10-3-5-13-14(7-10)23-9-22-13/h3-8,12,21H,2,9H2,1H3. The van der Waals surface area contributed by atoms with Crippen LogP contribution in [0.4, 0.5) is 0 Å². The van der Waals surface area contributed by atoms with Crippen molar-refractivity contribution < 1.29 is 14.6 Å². The maximum atomic E-state index is 10.5. The van der Waals surface area contributed by atoms with Crippen molar-refractivity contribution in [2.24, 2.45) is 0 Å². The fourth-order valence-electron chi connectivity index (χ4n) is 2.80. The molecule has 5 nitrogen and oxygen atoms in total. The smallest absolute Gasteiger partial charge is 0.231 e. The van der Waals surface area contributed by atoms with Crippen molar-refractivity contribution in [3.63, 3.8) is 0 Å². The lowest BCUT2D eigenvalue weighted by Gasteiger charge is -2.11. The van der Waals surface area contributed by atoms with E-state index in [-0.39, 0.29) is 6.79 Å². The largest absolute Gasteiger partial charge is 0.454 e. The molecule has 1 N–H and O–H groups in total. The van der Waals surface area contributed by atoms with Gasteiger partial charge in [-0.2, -0.15) is 0 Å². The van der Waals surface area contributed by atoms with Gasteiger partial charge in [-0.25, -0.2) is 4.98 Å². The summed E-state index contributed by atoms with van der Waals surface area (Å²) >= 11 is 6.10. The molecule has 0 amide bonds. The number of hydrogen-bond donors (Lipinski definition) is 1. The number of aliphatic hydroxyl groups excluding tert-OH is 1. The number of halogens is 1. The fourth-order valence-corrected chi connectivity index (χ4v) is 2.97. The van der Waals surface area contributed by atoms with Crippen molar-refractivity contribution in [3.8, 4) is 22.8 Å². The molecule has 1 unspecified atom stereocenters. The minimum atomic E-state index is -0.635. The van der Waals surface area contributed by atoms with E-state index in [1.165, 1.54) is 0 Å². The maximum absolute atomic E-state index is 10.5. The molecular formula is C17H15ClN2O3. The Morgan fingerprint density at radius 1 is 1.26 bits per heavy atom. The number of nitrogens with zero attached hydrogens (tertiary/aromatic N) is 2. The van der Waals surface area contributed by atoms with Crippen LogP contribution in [0.3, 0.4) is 0 Å². The highest BCUT2D eigenvalue weighted by Gasteiger charge is 2.22. The number of fused-ring (bicyclic) bond motifs is 2. The van der Waals surface area contributed by atoms with Gasteiger partial charge in [-0.1, -0.05) is 18.5 Å². The van der Waals surface area contributed by atoms with E-state index in [1.807, 2.05) is 35.6 Å². The van der Waals surface area contributed by atoms with E-state index in [0.29, 0.717) is 17.2 Å². The first-order valence-electron chi connectivity index (χ1n) is 7.43. The molecular weight excluding hydrogens is 316 g/mol. The van der Waals surface area contributed by atoms with E-state index < -0.39 is 6.10 Å². The monoisotopic (exact) mass is 330 g/mol. The second kappa shape index (κ2) is 5.44.